The van der Waals surface area contributed by atoms with Gasteiger partial charge in [0.2, 0.25) is 5.91 Å². The molecule has 0 unspecified atom stereocenters. The van der Waals surface area contributed by atoms with E-state index < -0.39 is 11.4 Å². The van der Waals surface area contributed by atoms with Crippen LogP contribution in [-0.2, 0) is 10.2 Å². The van der Waals surface area contributed by atoms with Crippen LogP contribution in [-0.4, -0.2) is 44.8 Å². The zero-order valence-electron chi connectivity index (χ0n) is 15.8. The van der Waals surface area contributed by atoms with Gasteiger partial charge in [-0.05, 0) is 51.3 Å². The van der Waals surface area contributed by atoms with Crippen molar-refractivity contribution >= 4 is 11.9 Å². The van der Waals surface area contributed by atoms with Gasteiger partial charge in [0.25, 0.3) is 0 Å². The number of carboxylic acid groups (broad SMARTS) is 1. The molecule has 0 aliphatic carbocycles. The lowest BCUT2D eigenvalue weighted by Crippen LogP contribution is -2.47. The molecule has 1 N–H and O–H groups in total. The van der Waals surface area contributed by atoms with Crippen LogP contribution in [0, 0.1) is 12.7 Å². The Labute approximate surface area is 157 Å². The van der Waals surface area contributed by atoms with E-state index in [1.165, 1.54) is 18.3 Å². The van der Waals surface area contributed by atoms with Gasteiger partial charge in [-0.2, -0.15) is 5.10 Å². The first-order valence-corrected chi connectivity index (χ1v) is 9.04. The largest absolute Gasteiger partial charge is 0.478 e. The Balaban J connectivity index is 1.69. The molecule has 1 aliphatic heterocycles. The molecule has 0 radical (unpaired) electrons. The highest BCUT2D eigenvalue weighted by molar-refractivity contribution is 5.88. The van der Waals surface area contributed by atoms with Gasteiger partial charge in [0.1, 0.15) is 11.4 Å². The summed E-state index contributed by atoms with van der Waals surface area (Å²) in [7, 11) is 0. The van der Waals surface area contributed by atoms with Crippen LogP contribution in [0.5, 0.6) is 0 Å². The number of benzene rings is 1. The highest BCUT2D eigenvalue weighted by Gasteiger charge is 2.36. The van der Waals surface area contributed by atoms with Crippen molar-refractivity contribution in [3.8, 4) is 0 Å². The molecule has 1 fully saturated rings. The maximum absolute atomic E-state index is 13.2. The third kappa shape index (κ3) is 3.59. The van der Waals surface area contributed by atoms with E-state index in [1.807, 2.05) is 18.7 Å². The average Bonchev–Trinajstić information content (AvgIpc) is 3.03. The zero-order valence-corrected chi connectivity index (χ0v) is 15.8. The summed E-state index contributed by atoms with van der Waals surface area (Å²) in [6, 6.07) is 6.13. The number of likely N-dealkylation sites (tertiary alicyclic amines) is 1. The number of carboxylic acids is 1. The normalized spacial score (nSPS) is 15.8. The molecule has 7 heteroatoms. The van der Waals surface area contributed by atoms with Crippen LogP contribution in [0.1, 0.15) is 54.3 Å². The molecule has 0 atom stereocenters. The number of halogens is 1. The van der Waals surface area contributed by atoms with Gasteiger partial charge in [0, 0.05) is 13.1 Å². The minimum absolute atomic E-state index is 0.0102. The van der Waals surface area contributed by atoms with Crippen LogP contribution < -0.4 is 0 Å². The van der Waals surface area contributed by atoms with Crippen LogP contribution >= 0.6 is 0 Å². The van der Waals surface area contributed by atoms with Gasteiger partial charge in [0.15, 0.2) is 0 Å². The summed E-state index contributed by atoms with van der Waals surface area (Å²) in [6.07, 6.45) is 2.81. The van der Waals surface area contributed by atoms with Crippen molar-refractivity contribution in [3.05, 3.63) is 53.1 Å². The molecule has 1 aromatic heterocycles. The molecule has 1 aromatic carbocycles. The van der Waals surface area contributed by atoms with E-state index in [-0.39, 0.29) is 23.3 Å². The number of rotatable bonds is 4. The van der Waals surface area contributed by atoms with E-state index in [0.29, 0.717) is 31.6 Å². The summed E-state index contributed by atoms with van der Waals surface area (Å²) in [5, 5.41) is 13.4. The van der Waals surface area contributed by atoms with Gasteiger partial charge < -0.3 is 10.0 Å². The average molecular weight is 373 g/mol. The Hall–Kier alpha value is -2.70. The van der Waals surface area contributed by atoms with Crippen molar-refractivity contribution in [2.24, 2.45) is 0 Å². The predicted molar refractivity (Wildman–Crippen MR) is 98.2 cm³/mol. The molecular formula is C20H24FN3O3. The lowest BCUT2D eigenvalue weighted by atomic mass is 9.82. The van der Waals surface area contributed by atoms with E-state index in [9.17, 15) is 19.1 Å². The quantitative estimate of drug-likeness (QED) is 0.893. The fourth-order valence-electron chi connectivity index (χ4n) is 3.70. The predicted octanol–water partition coefficient (Wildman–Crippen LogP) is 3.17. The Kier molecular flexibility index (Phi) is 5.04. The first-order valence-electron chi connectivity index (χ1n) is 9.04. The third-order valence-electron chi connectivity index (χ3n) is 5.47. The van der Waals surface area contributed by atoms with Crippen LogP contribution in [0.3, 0.4) is 0 Å². The first kappa shape index (κ1) is 19.1. The Bertz CT molecular complexity index is 850. The fraction of sp³-hybridized carbons (Fsp3) is 0.450. The van der Waals surface area contributed by atoms with Crippen LogP contribution in [0.15, 0.2) is 30.5 Å². The second-order valence-electron chi connectivity index (χ2n) is 7.55. The molecule has 27 heavy (non-hydrogen) atoms. The number of aromatic carboxylic acids is 1. The van der Waals surface area contributed by atoms with Crippen molar-refractivity contribution < 1.29 is 19.1 Å². The van der Waals surface area contributed by atoms with Crippen LogP contribution in [0.25, 0.3) is 0 Å². The van der Waals surface area contributed by atoms with Gasteiger partial charge in [0.05, 0.1) is 23.3 Å². The molecular weight excluding hydrogens is 349 g/mol. The van der Waals surface area contributed by atoms with Gasteiger partial charge in [-0.15, -0.1) is 0 Å². The molecule has 6 nitrogen and oxygen atoms in total. The molecule has 2 heterocycles. The van der Waals surface area contributed by atoms with E-state index in [0.717, 1.165) is 5.56 Å². The highest BCUT2D eigenvalue weighted by atomic mass is 19.1. The van der Waals surface area contributed by atoms with Gasteiger partial charge >= 0.3 is 5.97 Å². The number of nitrogens with zero attached hydrogens (tertiary/aromatic N) is 3. The highest BCUT2D eigenvalue weighted by Crippen LogP contribution is 2.30. The lowest BCUT2D eigenvalue weighted by Gasteiger charge is -2.37. The second kappa shape index (κ2) is 7.13. The summed E-state index contributed by atoms with van der Waals surface area (Å²) >= 11 is 0. The van der Waals surface area contributed by atoms with Gasteiger partial charge in [-0.1, -0.05) is 12.1 Å². The molecule has 0 saturated carbocycles. The third-order valence-corrected chi connectivity index (χ3v) is 5.47. The summed E-state index contributed by atoms with van der Waals surface area (Å²) < 4.78 is 14.9. The van der Waals surface area contributed by atoms with Crippen LogP contribution in [0.4, 0.5) is 4.39 Å². The Morgan fingerprint density at radius 1 is 1.19 bits per heavy atom. The number of aromatic nitrogens is 2. The van der Waals surface area contributed by atoms with Crippen molar-refractivity contribution in [1.29, 1.82) is 0 Å². The fourth-order valence-corrected chi connectivity index (χ4v) is 3.70. The first-order chi connectivity index (χ1) is 12.7. The monoisotopic (exact) mass is 373 g/mol. The SMILES string of the molecule is Cc1c(C(=O)O)cnn1C1CCN(C(=O)C(C)(C)c2ccc(F)cc2)CC1. The molecule has 144 valence electrons. The minimum Gasteiger partial charge on any atom is -0.478 e. The topological polar surface area (TPSA) is 75.4 Å². The van der Waals surface area contributed by atoms with E-state index in [1.54, 1.807) is 23.7 Å². The van der Waals surface area contributed by atoms with Crippen molar-refractivity contribution in [2.45, 2.75) is 45.1 Å². The molecule has 1 amide bonds. The lowest BCUT2D eigenvalue weighted by molar-refractivity contribution is -0.137. The summed E-state index contributed by atoms with van der Waals surface area (Å²) in [5.41, 5.74) is 0.897. The number of hydrogen-bond acceptors (Lipinski definition) is 3. The van der Waals surface area contributed by atoms with Crippen molar-refractivity contribution in [1.82, 2.24) is 14.7 Å². The van der Waals surface area contributed by atoms with E-state index >= 15 is 0 Å². The zero-order chi connectivity index (χ0) is 19.8. The van der Waals surface area contributed by atoms with Crippen molar-refractivity contribution in [2.75, 3.05) is 13.1 Å². The van der Waals surface area contributed by atoms with Crippen molar-refractivity contribution in [3.63, 3.8) is 0 Å². The molecule has 0 bridgehead atoms. The maximum Gasteiger partial charge on any atom is 0.339 e. The summed E-state index contributed by atoms with van der Waals surface area (Å²) in [4.78, 5) is 26.1. The second-order valence-corrected chi connectivity index (χ2v) is 7.55. The van der Waals surface area contributed by atoms with E-state index in [2.05, 4.69) is 5.10 Å². The molecule has 0 spiro atoms. The van der Waals surface area contributed by atoms with Gasteiger partial charge in [-0.3, -0.25) is 9.48 Å². The Morgan fingerprint density at radius 3 is 2.30 bits per heavy atom. The molecule has 1 saturated heterocycles. The van der Waals surface area contributed by atoms with Gasteiger partial charge in [-0.25, -0.2) is 9.18 Å². The molecule has 2 aromatic rings. The summed E-state index contributed by atoms with van der Waals surface area (Å²) in [5.74, 6) is -1.29. The number of carbonyl (C=O) groups excluding carboxylic acids is 1. The Morgan fingerprint density at radius 2 is 1.78 bits per heavy atom. The number of piperidine rings is 1. The number of carbonyl (C=O) groups is 2. The number of amides is 1. The summed E-state index contributed by atoms with van der Waals surface area (Å²) in [6.45, 7) is 6.62. The maximum atomic E-state index is 13.2. The standard InChI is InChI=1S/C20H24FN3O3/c1-13-17(18(25)26)12-22-24(13)16-8-10-23(11-9-16)19(27)20(2,3)14-4-6-15(21)7-5-14/h4-7,12,16H,8-11H2,1-3H3,(H,25,26). The number of hydrogen-bond donors (Lipinski definition) is 1. The van der Waals surface area contributed by atoms with E-state index in [4.69, 9.17) is 0 Å². The van der Waals surface area contributed by atoms with Crippen LogP contribution in [0.2, 0.25) is 0 Å². The minimum atomic E-state index is -0.979. The molecule has 3 rings (SSSR count). The smallest absolute Gasteiger partial charge is 0.339 e. The molecule has 1 aliphatic rings.